The Kier molecular flexibility index (Phi) is 5.22. The molecule has 7 heteroatoms. The molecule has 0 atom stereocenters. The minimum atomic E-state index is -0.975. The minimum absolute atomic E-state index is 0.170. The zero-order valence-electron chi connectivity index (χ0n) is 17.3. The lowest BCUT2D eigenvalue weighted by molar-refractivity contribution is 0.0477. The van der Waals surface area contributed by atoms with Gasteiger partial charge in [0.05, 0.1) is 25.5 Å². The Bertz CT molecular complexity index is 1060. The zero-order chi connectivity index (χ0) is 21.3. The lowest BCUT2D eigenvalue weighted by Crippen LogP contribution is -2.44. The summed E-state index contributed by atoms with van der Waals surface area (Å²) in [4.78, 5) is 12.8. The number of rotatable bonds is 6. The van der Waals surface area contributed by atoms with E-state index in [-0.39, 0.29) is 12.5 Å². The number of methoxy groups -OCH3 is 2. The largest absolute Gasteiger partial charge is 0.497 e. The van der Waals surface area contributed by atoms with Crippen LogP contribution < -0.4 is 14.8 Å². The number of hydrogen-bond acceptors (Lipinski definition) is 5. The number of nitrogens with zero attached hydrogens (tertiary/aromatic N) is 2. The Morgan fingerprint density at radius 2 is 1.83 bits per heavy atom. The van der Waals surface area contributed by atoms with Crippen LogP contribution in [0.25, 0.3) is 11.3 Å². The molecule has 0 saturated carbocycles. The average molecular weight is 407 g/mol. The molecule has 0 radical (unpaired) electrons. The topological polar surface area (TPSA) is 85.6 Å². The van der Waals surface area contributed by atoms with E-state index in [0.29, 0.717) is 35.7 Å². The number of ether oxygens (including phenoxy) is 2. The van der Waals surface area contributed by atoms with E-state index in [9.17, 15) is 9.90 Å². The zero-order valence-corrected chi connectivity index (χ0v) is 17.3. The maximum Gasteiger partial charge on any atom is 0.269 e. The van der Waals surface area contributed by atoms with Crippen molar-refractivity contribution in [2.75, 3.05) is 20.8 Å². The molecule has 1 aliphatic rings. The predicted octanol–water partition coefficient (Wildman–Crippen LogP) is 2.36. The number of carbonyl (C=O) groups excluding carboxylic acids is 1. The molecule has 3 aromatic rings. The summed E-state index contributed by atoms with van der Waals surface area (Å²) in [5, 5.41) is 18.3. The third kappa shape index (κ3) is 3.76. The molecule has 7 nitrogen and oxygen atoms in total. The van der Waals surface area contributed by atoms with Crippen LogP contribution in [0.5, 0.6) is 11.5 Å². The Morgan fingerprint density at radius 3 is 2.47 bits per heavy atom. The van der Waals surface area contributed by atoms with Crippen LogP contribution in [0.2, 0.25) is 0 Å². The molecule has 2 aromatic carbocycles. The normalized spacial score (nSPS) is 14.3. The van der Waals surface area contributed by atoms with Gasteiger partial charge in [-0.25, -0.2) is 0 Å². The molecule has 2 N–H and O–H groups in total. The summed E-state index contributed by atoms with van der Waals surface area (Å²) in [7, 11) is 4.89. The summed E-state index contributed by atoms with van der Waals surface area (Å²) >= 11 is 0. The van der Waals surface area contributed by atoms with Gasteiger partial charge in [-0.15, -0.1) is 0 Å². The summed E-state index contributed by atoms with van der Waals surface area (Å²) in [6, 6.07) is 15.1. The summed E-state index contributed by atoms with van der Waals surface area (Å²) in [5.41, 5.74) is 3.01. The lowest BCUT2D eigenvalue weighted by Gasteiger charge is -2.22. The van der Waals surface area contributed by atoms with Crippen LogP contribution in [0.1, 0.15) is 21.6 Å². The van der Waals surface area contributed by atoms with Gasteiger partial charge in [-0.3, -0.25) is 9.48 Å². The standard InChI is InChI=1S/C23H25N3O4/c1-26-20(11-19(25-26)18-10-17(29-2)8-9-21(18)30-3)22(27)24-14-23(28)12-15-6-4-5-7-16(15)13-23/h4-11,28H,12-14H2,1-3H3,(H,24,27). The van der Waals surface area contributed by atoms with Crippen molar-refractivity contribution >= 4 is 5.91 Å². The van der Waals surface area contributed by atoms with Crippen LogP contribution in [-0.4, -0.2) is 47.2 Å². The van der Waals surface area contributed by atoms with Gasteiger partial charge in [0.2, 0.25) is 0 Å². The van der Waals surface area contributed by atoms with Gasteiger partial charge in [-0.2, -0.15) is 5.10 Å². The quantitative estimate of drug-likeness (QED) is 0.655. The van der Waals surface area contributed by atoms with E-state index < -0.39 is 5.60 Å². The highest BCUT2D eigenvalue weighted by Gasteiger charge is 2.35. The SMILES string of the molecule is COc1ccc(OC)c(-c2cc(C(=O)NCC3(O)Cc4ccccc4C3)n(C)n2)c1. The molecule has 0 spiro atoms. The monoisotopic (exact) mass is 407 g/mol. The van der Waals surface area contributed by atoms with Crippen molar-refractivity contribution in [3.05, 3.63) is 65.4 Å². The predicted molar refractivity (Wildman–Crippen MR) is 113 cm³/mol. The molecule has 0 fully saturated rings. The fourth-order valence-electron chi connectivity index (χ4n) is 3.96. The summed E-state index contributed by atoms with van der Waals surface area (Å²) in [6.45, 7) is 0.170. The first-order chi connectivity index (χ1) is 14.4. The van der Waals surface area contributed by atoms with Gasteiger partial charge in [-0.1, -0.05) is 24.3 Å². The van der Waals surface area contributed by atoms with Gasteiger partial charge in [0, 0.05) is 32.0 Å². The third-order valence-electron chi connectivity index (χ3n) is 5.53. The Hall–Kier alpha value is -3.32. The molecule has 0 unspecified atom stereocenters. The molecule has 156 valence electrons. The van der Waals surface area contributed by atoms with Gasteiger partial charge in [-0.05, 0) is 35.4 Å². The number of benzene rings is 2. The van der Waals surface area contributed by atoms with Crippen molar-refractivity contribution in [1.29, 1.82) is 0 Å². The number of aliphatic hydroxyl groups is 1. The maximum atomic E-state index is 12.8. The number of aromatic nitrogens is 2. The molecular formula is C23H25N3O4. The van der Waals surface area contributed by atoms with E-state index >= 15 is 0 Å². The van der Waals surface area contributed by atoms with Gasteiger partial charge < -0.3 is 19.9 Å². The van der Waals surface area contributed by atoms with Crippen molar-refractivity contribution in [3.8, 4) is 22.8 Å². The highest BCUT2D eigenvalue weighted by atomic mass is 16.5. The van der Waals surface area contributed by atoms with Crippen LogP contribution in [0.4, 0.5) is 0 Å². The van der Waals surface area contributed by atoms with E-state index in [1.807, 2.05) is 30.3 Å². The number of carbonyl (C=O) groups is 1. The van der Waals surface area contributed by atoms with E-state index in [4.69, 9.17) is 9.47 Å². The molecule has 1 amide bonds. The number of fused-ring (bicyclic) bond motifs is 1. The van der Waals surface area contributed by atoms with Gasteiger partial charge in [0.15, 0.2) is 0 Å². The fraction of sp³-hybridized carbons (Fsp3) is 0.304. The summed E-state index contributed by atoms with van der Waals surface area (Å²) < 4.78 is 12.3. The summed E-state index contributed by atoms with van der Waals surface area (Å²) in [6.07, 6.45) is 1.06. The van der Waals surface area contributed by atoms with Crippen molar-refractivity contribution in [2.24, 2.45) is 7.05 Å². The van der Waals surface area contributed by atoms with Crippen molar-refractivity contribution < 1.29 is 19.4 Å². The number of aryl methyl sites for hydroxylation is 1. The molecule has 0 bridgehead atoms. The Balaban J connectivity index is 1.51. The first kappa shape index (κ1) is 20.0. The smallest absolute Gasteiger partial charge is 0.269 e. The highest BCUT2D eigenvalue weighted by Crippen LogP contribution is 2.33. The molecule has 4 rings (SSSR count). The van der Waals surface area contributed by atoms with Crippen LogP contribution in [0, 0.1) is 0 Å². The first-order valence-corrected chi connectivity index (χ1v) is 9.76. The van der Waals surface area contributed by atoms with Gasteiger partial charge >= 0.3 is 0 Å². The Morgan fingerprint density at radius 1 is 1.13 bits per heavy atom. The molecular weight excluding hydrogens is 382 g/mol. The van der Waals surface area contributed by atoms with Gasteiger partial charge in [0.1, 0.15) is 17.2 Å². The Labute approximate surface area is 175 Å². The minimum Gasteiger partial charge on any atom is -0.497 e. The average Bonchev–Trinajstić information content (AvgIpc) is 3.31. The molecule has 0 saturated heterocycles. The molecule has 1 aliphatic carbocycles. The first-order valence-electron chi connectivity index (χ1n) is 9.76. The number of amides is 1. The summed E-state index contributed by atoms with van der Waals surface area (Å²) in [5.74, 6) is 1.02. The second-order valence-corrected chi connectivity index (χ2v) is 7.63. The fourth-order valence-corrected chi connectivity index (χ4v) is 3.96. The second kappa shape index (κ2) is 7.84. The van der Waals surface area contributed by atoms with E-state index in [1.54, 1.807) is 39.5 Å². The van der Waals surface area contributed by atoms with E-state index in [2.05, 4.69) is 10.4 Å². The number of hydrogen-bond donors (Lipinski definition) is 2. The highest BCUT2D eigenvalue weighted by molar-refractivity contribution is 5.94. The van der Waals surface area contributed by atoms with E-state index in [0.717, 1.165) is 16.7 Å². The van der Waals surface area contributed by atoms with Crippen LogP contribution in [0.15, 0.2) is 48.5 Å². The van der Waals surface area contributed by atoms with Crippen LogP contribution >= 0.6 is 0 Å². The molecule has 1 aromatic heterocycles. The number of nitrogens with one attached hydrogen (secondary N) is 1. The van der Waals surface area contributed by atoms with Gasteiger partial charge in [0.25, 0.3) is 5.91 Å². The van der Waals surface area contributed by atoms with Crippen molar-refractivity contribution in [1.82, 2.24) is 15.1 Å². The third-order valence-corrected chi connectivity index (χ3v) is 5.53. The maximum absolute atomic E-state index is 12.8. The van der Waals surface area contributed by atoms with Crippen molar-refractivity contribution in [3.63, 3.8) is 0 Å². The molecule has 1 heterocycles. The lowest BCUT2D eigenvalue weighted by atomic mass is 10.0. The van der Waals surface area contributed by atoms with E-state index in [1.165, 1.54) is 4.68 Å². The van der Waals surface area contributed by atoms with Crippen LogP contribution in [-0.2, 0) is 19.9 Å². The van der Waals surface area contributed by atoms with Crippen molar-refractivity contribution in [2.45, 2.75) is 18.4 Å². The molecule has 30 heavy (non-hydrogen) atoms. The van der Waals surface area contributed by atoms with Crippen LogP contribution in [0.3, 0.4) is 0 Å². The molecule has 0 aliphatic heterocycles. The second-order valence-electron chi connectivity index (χ2n) is 7.63.